The number of carbonyl (C=O) groups is 2. The molecule has 2 rings (SSSR count). The molecule has 0 bridgehead atoms. The minimum atomic E-state index is -0.821. The molecule has 2 N–H and O–H groups in total. The molecule has 0 saturated heterocycles. The van der Waals surface area contributed by atoms with Gasteiger partial charge >= 0.3 is 11.7 Å². The number of hydrogen-bond donors (Lipinski definition) is 2. The molecular weight excluding hydrogens is 446 g/mol. The van der Waals surface area contributed by atoms with Crippen molar-refractivity contribution in [1.29, 1.82) is 0 Å². The van der Waals surface area contributed by atoms with E-state index < -0.39 is 23.4 Å². The summed E-state index contributed by atoms with van der Waals surface area (Å²) in [5.74, 6) is -1.13. The summed E-state index contributed by atoms with van der Waals surface area (Å²) in [5, 5.41) is 12.9. The highest BCUT2D eigenvalue weighted by Crippen LogP contribution is 2.26. The average molecular weight is 484 g/mol. The first-order chi connectivity index (χ1) is 16.8. The molecule has 7 heteroatoms. The second-order valence-corrected chi connectivity index (χ2v) is 8.96. The summed E-state index contributed by atoms with van der Waals surface area (Å²) < 4.78 is 9.87. The Labute approximate surface area is 207 Å². The number of methoxy groups -OCH3 is 1. The van der Waals surface area contributed by atoms with Crippen molar-refractivity contribution in [3.05, 3.63) is 75.5 Å². The van der Waals surface area contributed by atoms with E-state index in [4.69, 9.17) is 4.42 Å². The average Bonchev–Trinajstić information content (AvgIpc) is 2.84. The molecule has 0 aliphatic carbocycles. The molecule has 1 heterocycles. The van der Waals surface area contributed by atoms with Crippen LogP contribution in [-0.4, -0.2) is 24.1 Å². The van der Waals surface area contributed by atoms with Crippen molar-refractivity contribution in [2.75, 3.05) is 7.11 Å². The van der Waals surface area contributed by atoms with Crippen molar-refractivity contribution >= 4 is 11.9 Å². The van der Waals surface area contributed by atoms with Crippen LogP contribution in [0.1, 0.15) is 86.0 Å². The second kappa shape index (κ2) is 14.1. The number of amides is 1. The minimum absolute atomic E-state index is 0.172. The Morgan fingerprint density at radius 2 is 1.83 bits per heavy atom. The molecule has 0 spiro atoms. The zero-order chi connectivity index (χ0) is 25.8. The Kier molecular flexibility index (Phi) is 11.3. The zero-order valence-corrected chi connectivity index (χ0v) is 21.1. The van der Waals surface area contributed by atoms with E-state index >= 15 is 0 Å². The van der Waals surface area contributed by atoms with Crippen LogP contribution < -0.4 is 10.9 Å². The molecule has 1 amide bonds. The number of carbonyl (C=O) groups excluding carboxylic acids is 2. The van der Waals surface area contributed by atoms with Crippen molar-refractivity contribution in [1.82, 2.24) is 5.32 Å². The topological polar surface area (TPSA) is 106 Å². The van der Waals surface area contributed by atoms with Gasteiger partial charge in [-0.15, -0.1) is 0 Å². The van der Waals surface area contributed by atoms with E-state index in [0.29, 0.717) is 25.0 Å². The highest BCUT2D eigenvalue weighted by Gasteiger charge is 2.25. The van der Waals surface area contributed by atoms with Gasteiger partial charge in [-0.1, -0.05) is 64.0 Å². The number of alkyl carbamates (subject to hydrolysis) is 1. The number of nitrogens with one attached hydrogen (secondary N) is 1. The Bertz CT molecular complexity index is 1050. The number of rotatable bonds is 13. The van der Waals surface area contributed by atoms with Crippen LogP contribution in [0.25, 0.3) is 0 Å². The number of aromatic hydroxyl groups is 1. The highest BCUT2D eigenvalue weighted by molar-refractivity contribution is 5.99. The highest BCUT2D eigenvalue weighted by atomic mass is 16.5. The Morgan fingerprint density at radius 3 is 2.46 bits per heavy atom. The van der Waals surface area contributed by atoms with Crippen LogP contribution in [0, 0.1) is 5.92 Å². The lowest BCUT2D eigenvalue weighted by Crippen LogP contribution is -2.22. The lowest BCUT2D eigenvalue weighted by Gasteiger charge is -2.14. The van der Waals surface area contributed by atoms with Gasteiger partial charge in [0.1, 0.15) is 17.1 Å². The van der Waals surface area contributed by atoms with Gasteiger partial charge in [0, 0.05) is 24.1 Å². The monoisotopic (exact) mass is 483 g/mol. The van der Waals surface area contributed by atoms with E-state index in [1.165, 1.54) is 37.8 Å². The molecule has 2 unspecified atom stereocenters. The SMILES string of the molecule is CCCCCc1ccc(CC(C)C(=O)c2c(O)cc(C(C)CC/C=C/NC(=O)OC)oc2=O)cc1. The summed E-state index contributed by atoms with van der Waals surface area (Å²) in [5.41, 5.74) is 1.16. The van der Waals surface area contributed by atoms with Crippen LogP contribution >= 0.6 is 0 Å². The Balaban J connectivity index is 1.99. The third-order valence-corrected chi connectivity index (χ3v) is 6.03. The van der Waals surface area contributed by atoms with Crippen LogP contribution in [0.4, 0.5) is 4.79 Å². The van der Waals surface area contributed by atoms with Crippen molar-refractivity contribution in [3.63, 3.8) is 0 Å². The number of ether oxygens (including phenoxy) is 1. The zero-order valence-electron chi connectivity index (χ0n) is 21.1. The number of unbranched alkanes of at least 4 members (excludes halogenated alkanes) is 2. The molecule has 0 aliphatic rings. The lowest BCUT2D eigenvalue weighted by molar-refractivity contribution is 0.0921. The predicted molar refractivity (Wildman–Crippen MR) is 136 cm³/mol. The van der Waals surface area contributed by atoms with Gasteiger partial charge in [0.2, 0.25) is 0 Å². The standard InChI is InChI=1S/C28H37NO6/c1-5-6-7-11-21-12-14-22(15-13-21)17-20(3)26(31)25-23(30)18-24(35-27(25)32)19(2)10-8-9-16-29-28(33)34-4/h9,12-16,18-20,30H,5-8,10-11,17H2,1-4H3,(H,29,33)/b16-9+. The molecule has 0 aliphatic heterocycles. The summed E-state index contributed by atoms with van der Waals surface area (Å²) >= 11 is 0. The van der Waals surface area contributed by atoms with Crippen molar-refractivity contribution in [3.8, 4) is 5.75 Å². The van der Waals surface area contributed by atoms with Gasteiger partial charge in [0.05, 0.1) is 7.11 Å². The van der Waals surface area contributed by atoms with Gasteiger partial charge in [-0.3, -0.25) is 10.1 Å². The minimum Gasteiger partial charge on any atom is -0.507 e. The summed E-state index contributed by atoms with van der Waals surface area (Å²) in [4.78, 5) is 36.6. The number of hydrogen-bond acceptors (Lipinski definition) is 6. The summed E-state index contributed by atoms with van der Waals surface area (Å²) in [7, 11) is 1.28. The van der Waals surface area contributed by atoms with Crippen LogP contribution in [0.2, 0.25) is 0 Å². The van der Waals surface area contributed by atoms with Crippen LogP contribution in [0.15, 0.2) is 51.8 Å². The quantitative estimate of drug-likeness (QED) is 0.272. The normalized spacial score (nSPS) is 12.9. The van der Waals surface area contributed by atoms with Crippen LogP contribution in [-0.2, 0) is 17.6 Å². The molecule has 1 aromatic heterocycles. The number of Topliss-reactive ketones (excluding diaryl/α,β-unsaturated/α-hetero) is 1. The van der Waals surface area contributed by atoms with E-state index in [1.54, 1.807) is 13.0 Å². The molecular formula is C28H37NO6. The number of ketones is 1. The molecule has 0 saturated carbocycles. The maximum absolute atomic E-state index is 13.0. The van der Waals surface area contributed by atoms with E-state index in [1.807, 2.05) is 19.1 Å². The van der Waals surface area contributed by atoms with Gasteiger partial charge in [-0.25, -0.2) is 9.59 Å². The first kappa shape index (κ1) is 27.9. The summed E-state index contributed by atoms with van der Waals surface area (Å²) in [6.45, 7) is 5.79. The predicted octanol–water partition coefficient (Wildman–Crippen LogP) is 5.89. The van der Waals surface area contributed by atoms with Gasteiger partial charge in [-0.05, 0) is 43.2 Å². The molecule has 0 fully saturated rings. The summed E-state index contributed by atoms with van der Waals surface area (Å²) in [6, 6.07) is 9.57. The molecule has 190 valence electrons. The number of aryl methyl sites for hydroxylation is 1. The third kappa shape index (κ3) is 8.74. The molecule has 1 aromatic carbocycles. The summed E-state index contributed by atoms with van der Waals surface area (Å²) in [6.07, 6.45) is 8.97. The van der Waals surface area contributed by atoms with Crippen LogP contribution in [0.3, 0.4) is 0 Å². The first-order valence-electron chi connectivity index (χ1n) is 12.2. The molecule has 0 radical (unpaired) electrons. The number of benzene rings is 1. The molecule has 7 nitrogen and oxygen atoms in total. The molecule has 2 aromatic rings. The van der Waals surface area contributed by atoms with Gasteiger partial charge in [0.25, 0.3) is 0 Å². The second-order valence-electron chi connectivity index (χ2n) is 8.96. The fourth-order valence-electron chi connectivity index (χ4n) is 3.84. The van der Waals surface area contributed by atoms with Crippen molar-refractivity contribution in [2.24, 2.45) is 5.92 Å². The van der Waals surface area contributed by atoms with E-state index in [9.17, 15) is 19.5 Å². The maximum atomic E-state index is 13.0. The van der Waals surface area contributed by atoms with Crippen molar-refractivity contribution in [2.45, 2.75) is 71.6 Å². The smallest absolute Gasteiger partial charge is 0.410 e. The fourth-order valence-corrected chi connectivity index (χ4v) is 3.84. The Hall–Kier alpha value is -3.35. The largest absolute Gasteiger partial charge is 0.507 e. The fraction of sp³-hybridized carbons (Fsp3) is 0.464. The molecule has 2 atom stereocenters. The Morgan fingerprint density at radius 1 is 1.14 bits per heavy atom. The third-order valence-electron chi connectivity index (χ3n) is 6.03. The van der Waals surface area contributed by atoms with Crippen LogP contribution in [0.5, 0.6) is 5.75 Å². The lowest BCUT2D eigenvalue weighted by atomic mass is 9.92. The van der Waals surface area contributed by atoms with E-state index in [-0.39, 0.29) is 17.2 Å². The molecule has 35 heavy (non-hydrogen) atoms. The van der Waals surface area contributed by atoms with Gasteiger partial charge in [-0.2, -0.15) is 0 Å². The van der Waals surface area contributed by atoms with Gasteiger partial charge < -0.3 is 14.3 Å². The van der Waals surface area contributed by atoms with E-state index in [0.717, 1.165) is 18.4 Å². The van der Waals surface area contributed by atoms with Gasteiger partial charge in [0.15, 0.2) is 5.78 Å². The first-order valence-corrected chi connectivity index (χ1v) is 12.2. The van der Waals surface area contributed by atoms with Crippen molar-refractivity contribution < 1.29 is 23.8 Å². The number of allylic oxidation sites excluding steroid dienone is 1. The van der Waals surface area contributed by atoms with E-state index in [2.05, 4.69) is 29.1 Å². The maximum Gasteiger partial charge on any atom is 0.410 e.